The highest BCUT2D eigenvalue weighted by Crippen LogP contribution is 2.18. The summed E-state index contributed by atoms with van der Waals surface area (Å²) in [7, 11) is 0. The second-order valence-corrected chi connectivity index (χ2v) is 5.53. The fourth-order valence-corrected chi connectivity index (χ4v) is 2.33. The Balaban J connectivity index is 3.17. The van der Waals surface area contributed by atoms with Gasteiger partial charge in [0.1, 0.15) is 0 Å². The molecule has 0 fully saturated rings. The third-order valence-electron chi connectivity index (χ3n) is 1.34. The van der Waals surface area contributed by atoms with E-state index in [1.807, 2.05) is 0 Å². The summed E-state index contributed by atoms with van der Waals surface area (Å²) in [6.07, 6.45) is 2.05. The summed E-state index contributed by atoms with van der Waals surface area (Å²) in [5, 5.41) is 0. The lowest BCUT2D eigenvalue weighted by molar-refractivity contribution is 0.467. The summed E-state index contributed by atoms with van der Waals surface area (Å²) in [5.41, 5.74) is 0.565. The first-order valence-electron chi connectivity index (χ1n) is 3.67. The van der Waals surface area contributed by atoms with Crippen molar-refractivity contribution in [3.05, 3.63) is 12.7 Å². The highest BCUT2D eigenvalue weighted by atomic mass is 24.5. The van der Waals surface area contributed by atoms with Crippen LogP contribution in [0.1, 0.15) is 20.8 Å². The maximum atomic E-state index is 3.71. The van der Waals surface area contributed by atoms with Crippen molar-refractivity contribution in [3.8, 4) is 0 Å². The fourth-order valence-electron chi connectivity index (χ4n) is 0.777. The number of hydrogen-bond acceptors (Lipinski definition) is 0. The molecule has 0 aromatic carbocycles. The normalized spacial score (nSPS) is 10.6. The molecule has 0 spiro atoms. The minimum absolute atomic E-state index is 0.189. The van der Waals surface area contributed by atoms with E-state index < -0.39 is 0 Å². The van der Waals surface area contributed by atoms with E-state index in [2.05, 4.69) is 33.4 Å². The van der Waals surface area contributed by atoms with Gasteiger partial charge in [0.15, 0.2) is 0 Å². The highest BCUT2D eigenvalue weighted by Gasteiger charge is 2.09. The van der Waals surface area contributed by atoms with Crippen molar-refractivity contribution in [2.24, 2.45) is 5.41 Å². The van der Waals surface area contributed by atoms with Crippen molar-refractivity contribution >= 4 is 20.4 Å². The summed E-state index contributed by atoms with van der Waals surface area (Å²) < 4.78 is 2.75. The van der Waals surface area contributed by atoms with E-state index in [4.69, 9.17) is 0 Å². The van der Waals surface area contributed by atoms with Gasteiger partial charge in [0.25, 0.3) is 0 Å². The van der Waals surface area contributed by atoms with Gasteiger partial charge in [0, 0.05) is 0 Å². The van der Waals surface area contributed by atoms with Gasteiger partial charge in [-0.3, -0.25) is 0 Å². The molecular weight excluding hydrogens is 120 g/mol. The molecule has 0 atom stereocenters. The van der Waals surface area contributed by atoms with Gasteiger partial charge >= 0.3 is 20.4 Å². The van der Waals surface area contributed by atoms with Crippen molar-refractivity contribution in [3.63, 3.8) is 0 Å². The van der Waals surface area contributed by atoms with E-state index in [9.17, 15) is 0 Å². The molecule has 0 heterocycles. The summed E-state index contributed by atoms with van der Waals surface area (Å²) in [6.45, 7) is 10.6. The summed E-state index contributed by atoms with van der Waals surface area (Å²) in [5.74, 6) is 0. The van der Waals surface area contributed by atoms with Crippen LogP contribution >= 0.6 is 0 Å². The molecule has 0 saturated heterocycles. The summed E-state index contributed by atoms with van der Waals surface area (Å²) in [4.78, 5) is 0. The van der Waals surface area contributed by atoms with Crippen LogP contribution in [0.4, 0.5) is 0 Å². The minimum atomic E-state index is 0.189. The zero-order chi connectivity index (χ0) is 7.33. The molecule has 0 aromatic heterocycles. The molecule has 50 valence electrons. The van der Waals surface area contributed by atoms with Crippen molar-refractivity contribution in [2.45, 2.75) is 29.9 Å². The van der Waals surface area contributed by atoms with Gasteiger partial charge < -0.3 is 0 Å². The van der Waals surface area contributed by atoms with Crippen LogP contribution in [0.2, 0.25) is 9.10 Å². The molecule has 1 heteroatoms. The van der Waals surface area contributed by atoms with Gasteiger partial charge in [-0.1, -0.05) is 26.2 Å². The zero-order valence-electron chi connectivity index (χ0n) is 6.91. The predicted molar refractivity (Wildman–Crippen MR) is 45.0 cm³/mol. The summed E-state index contributed by atoms with van der Waals surface area (Å²) in [6, 6.07) is 0. The lowest BCUT2D eigenvalue weighted by Gasteiger charge is -2.16. The van der Waals surface area contributed by atoms with Crippen molar-refractivity contribution in [1.29, 1.82) is 0 Å². The fraction of sp³-hybridized carbons (Fsp3) is 0.750. The molecule has 0 aromatic rings. The van der Waals surface area contributed by atoms with Crippen LogP contribution in [0.3, 0.4) is 0 Å². The minimum Gasteiger partial charge on any atom is -0.141 e. The smallest absolute Gasteiger partial charge is 0.141 e. The molecule has 0 saturated carbocycles. The molecule has 0 aliphatic carbocycles. The molecule has 0 amide bonds. The third-order valence-corrected chi connectivity index (χ3v) is 4.01. The van der Waals surface area contributed by atoms with Crippen LogP contribution in [-0.4, -0.2) is 20.4 Å². The monoisotopic (exact) mass is 136 g/mol. The van der Waals surface area contributed by atoms with Gasteiger partial charge in [-0.15, -0.1) is 21.8 Å². The van der Waals surface area contributed by atoms with Crippen molar-refractivity contribution in [2.75, 3.05) is 0 Å². The highest BCUT2D eigenvalue weighted by molar-refractivity contribution is 6.36. The molecule has 0 radical (unpaired) electrons. The van der Waals surface area contributed by atoms with E-state index in [0.29, 0.717) is 5.41 Å². The van der Waals surface area contributed by atoms with Crippen LogP contribution in [0.15, 0.2) is 12.7 Å². The van der Waals surface area contributed by atoms with E-state index in [1.54, 1.807) is 0 Å². The predicted octanol–water partition coefficient (Wildman–Crippen LogP) is 2.76. The third kappa shape index (κ3) is 8.51. The van der Waals surface area contributed by atoms with Crippen LogP contribution in [0, 0.1) is 5.41 Å². The average Bonchev–Trinajstić information content (AvgIpc) is 1.63. The Labute approximate surface area is 68.4 Å². The van der Waals surface area contributed by atoms with E-state index in [0.717, 1.165) is 0 Å². The Morgan fingerprint density at radius 2 is 2.00 bits per heavy atom. The number of hydrogen-bond donors (Lipinski definition) is 0. The summed E-state index contributed by atoms with van der Waals surface area (Å²) >= 11 is 0.189. The molecule has 0 aliphatic heterocycles. The zero-order valence-corrected chi connectivity index (χ0v) is 8.32. The molecule has 0 rings (SSSR count). The molecular formula is C8H16Mg. The molecule has 0 N–H and O–H groups in total. The molecule has 0 unspecified atom stereocenters. The first-order chi connectivity index (χ1) is 4.06. The maximum Gasteiger partial charge on any atom is 0.370 e. The Kier molecular flexibility index (Phi) is 4.59. The van der Waals surface area contributed by atoms with E-state index in [1.165, 1.54) is 9.10 Å². The molecule has 0 aliphatic rings. The Morgan fingerprint density at radius 3 is 2.33 bits per heavy atom. The van der Waals surface area contributed by atoms with Crippen molar-refractivity contribution in [1.82, 2.24) is 0 Å². The van der Waals surface area contributed by atoms with Gasteiger partial charge in [0.05, 0.1) is 0 Å². The van der Waals surface area contributed by atoms with Gasteiger partial charge in [0.2, 0.25) is 0 Å². The van der Waals surface area contributed by atoms with Crippen LogP contribution < -0.4 is 0 Å². The average molecular weight is 137 g/mol. The topological polar surface area (TPSA) is 0 Å². The van der Waals surface area contributed by atoms with E-state index in [-0.39, 0.29) is 20.4 Å². The maximum absolute atomic E-state index is 3.71. The second-order valence-electron chi connectivity index (χ2n) is 3.74. The lowest BCUT2D eigenvalue weighted by atomic mass is 10.0. The van der Waals surface area contributed by atoms with Crippen LogP contribution in [-0.2, 0) is 0 Å². The van der Waals surface area contributed by atoms with Gasteiger partial charge in [-0.2, -0.15) is 0 Å². The standard InChI is InChI=1S/C5H11.C3H5.Mg/c1-5(2,3)4;1-3-2;/h1H2,2-4H3;3H,1-2H2;. The number of rotatable bonds is 3. The Hall–Kier alpha value is 0.506. The van der Waals surface area contributed by atoms with Crippen LogP contribution in [0.25, 0.3) is 0 Å². The lowest BCUT2D eigenvalue weighted by Crippen LogP contribution is -2.07. The Morgan fingerprint density at radius 1 is 1.44 bits per heavy atom. The van der Waals surface area contributed by atoms with E-state index >= 15 is 0 Å². The SMILES string of the molecule is C=C[CH2][Mg][CH2]C(C)(C)C. The quantitative estimate of drug-likeness (QED) is 0.318. The van der Waals surface area contributed by atoms with Gasteiger partial charge in [-0.05, 0) is 0 Å². The number of allylic oxidation sites excluding steroid dienone is 1. The Bertz CT molecular complexity index is 79.1. The first kappa shape index (κ1) is 9.51. The first-order valence-corrected chi connectivity index (χ1v) is 5.67. The van der Waals surface area contributed by atoms with Crippen LogP contribution in [0.5, 0.6) is 0 Å². The molecule has 0 bridgehead atoms. The molecule has 9 heavy (non-hydrogen) atoms. The largest absolute Gasteiger partial charge is 0.370 e. The second kappa shape index (κ2) is 4.34. The van der Waals surface area contributed by atoms with Crippen molar-refractivity contribution < 1.29 is 0 Å². The molecule has 0 nitrogen and oxygen atoms in total. The van der Waals surface area contributed by atoms with Gasteiger partial charge in [-0.25, -0.2) is 0 Å².